The van der Waals surface area contributed by atoms with Crippen molar-refractivity contribution in [2.75, 3.05) is 20.3 Å². The van der Waals surface area contributed by atoms with Crippen molar-refractivity contribution in [3.63, 3.8) is 0 Å². The van der Waals surface area contributed by atoms with Gasteiger partial charge in [-0.2, -0.15) is 0 Å². The number of aliphatic hydroxyl groups is 1. The van der Waals surface area contributed by atoms with E-state index in [9.17, 15) is 9.90 Å². The molecule has 4 aliphatic rings. The average molecular weight is 312 g/mol. The molecule has 1 N–H and O–H groups in total. The maximum Gasteiger partial charge on any atom is 0.308 e. The Hall–Kier alpha value is -0.690. The van der Waals surface area contributed by atoms with Crippen LogP contribution in [0.1, 0.15) is 32.6 Å². The molecule has 0 aromatic heterocycles. The number of methoxy groups -OCH3 is 1. The number of epoxide rings is 1. The van der Waals surface area contributed by atoms with Crippen LogP contribution in [0.5, 0.6) is 0 Å². The first-order valence-corrected chi connectivity index (χ1v) is 8.23. The Labute approximate surface area is 130 Å². The summed E-state index contributed by atoms with van der Waals surface area (Å²) < 4.78 is 23.1. The van der Waals surface area contributed by atoms with Gasteiger partial charge in [0.15, 0.2) is 5.60 Å². The van der Waals surface area contributed by atoms with Crippen molar-refractivity contribution in [2.24, 2.45) is 17.8 Å². The number of rotatable bonds is 1. The molecular formula is C16H24O6. The van der Waals surface area contributed by atoms with E-state index in [2.05, 4.69) is 0 Å². The maximum absolute atomic E-state index is 11.8. The fourth-order valence-corrected chi connectivity index (χ4v) is 4.60. The number of carbonyl (C=O) groups excluding carboxylic acids is 1. The largest absolute Gasteiger partial charge is 0.469 e. The molecule has 0 aromatic rings. The highest BCUT2D eigenvalue weighted by Crippen LogP contribution is 2.62. The Morgan fingerprint density at radius 3 is 2.73 bits per heavy atom. The number of esters is 1. The zero-order valence-electron chi connectivity index (χ0n) is 13.1. The van der Waals surface area contributed by atoms with Gasteiger partial charge in [0.05, 0.1) is 38.4 Å². The second-order valence-electron chi connectivity index (χ2n) is 7.29. The van der Waals surface area contributed by atoms with Crippen LogP contribution in [0.25, 0.3) is 0 Å². The molecule has 6 heteroatoms. The van der Waals surface area contributed by atoms with Crippen LogP contribution in [0, 0.1) is 17.8 Å². The summed E-state index contributed by atoms with van der Waals surface area (Å²) in [7, 11) is 1.43. The second kappa shape index (κ2) is 4.90. The zero-order chi connectivity index (χ0) is 15.5. The SMILES string of the molecule is COC(=O)[C@H]1CC[C@H]2[C@@H](C1)O[C@@]1(C[C@H](O)[C@H](C)CO1)[C@]21CO1. The monoisotopic (exact) mass is 312 g/mol. The summed E-state index contributed by atoms with van der Waals surface area (Å²) in [4.78, 5) is 11.8. The van der Waals surface area contributed by atoms with Crippen molar-refractivity contribution in [1.82, 2.24) is 0 Å². The number of carbonyl (C=O) groups is 1. The Morgan fingerprint density at radius 2 is 2.09 bits per heavy atom. The van der Waals surface area contributed by atoms with Crippen molar-refractivity contribution >= 4 is 5.97 Å². The molecule has 7 atom stereocenters. The van der Waals surface area contributed by atoms with Crippen molar-refractivity contribution in [2.45, 2.75) is 56.2 Å². The molecule has 124 valence electrons. The lowest BCUT2D eigenvalue weighted by Crippen LogP contribution is -2.54. The Morgan fingerprint density at radius 1 is 1.32 bits per heavy atom. The van der Waals surface area contributed by atoms with E-state index in [0.29, 0.717) is 26.1 Å². The summed E-state index contributed by atoms with van der Waals surface area (Å²) in [5, 5.41) is 10.3. The molecule has 3 heterocycles. The van der Waals surface area contributed by atoms with E-state index in [1.165, 1.54) is 7.11 Å². The quantitative estimate of drug-likeness (QED) is 0.571. The molecule has 4 fully saturated rings. The molecule has 1 saturated carbocycles. The van der Waals surface area contributed by atoms with E-state index in [1.54, 1.807) is 0 Å². The van der Waals surface area contributed by atoms with Gasteiger partial charge in [-0.1, -0.05) is 6.92 Å². The van der Waals surface area contributed by atoms with Gasteiger partial charge in [0, 0.05) is 18.3 Å². The van der Waals surface area contributed by atoms with E-state index in [0.717, 1.165) is 12.8 Å². The normalized spacial score (nSPS) is 53.5. The molecule has 1 aliphatic carbocycles. The van der Waals surface area contributed by atoms with E-state index >= 15 is 0 Å². The van der Waals surface area contributed by atoms with Crippen molar-refractivity contribution in [3.8, 4) is 0 Å². The minimum Gasteiger partial charge on any atom is -0.469 e. The molecule has 4 rings (SSSR count). The average Bonchev–Trinajstić information content (AvgIpc) is 3.27. The van der Waals surface area contributed by atoms with Gasteiger partial charge < -0.3 is 24.1 Å². The van der Waals surface area contributed by atoms with Crippen LogP contribution in [-0.4, -0.2) is 55.0 Å². The predicted octanol–water partition coefficient (Wildman–Crippen LogP) is 0.857. The van der Waals surface area contributed by atoms with Gasteiger partial charge in [-0.15, -0.1) is 0 Å². The fourth-order valence-electron chi connectivity index (χ4n) is 4.60. The van der Waals surface area contributed by atoms with Gasteiger partial charge in [-0.3, -0.25) is 4.79 Å². The number of fused-ring (bicyclic) bond motifs is 3. The molecule has 6 nitrogen and oxygen atoms in total. The van der Waals surface area contributed by atoms with Crippen LogP contribution in [0.15, 0.2) is 0 Å². The summed E-state index contributed by atoms with van der Waals surface area (Å²) in [6, 6.07) is 0. The summed E-state index contributed by atoms with van der Waals surface area (Å²) in [5.74, 6) is -0.750. The number of hydrogen-bond acceptors (Lipinski definition) is 6. The Bertz CT molecular complexity index is 475. The van der Waals surface area contributed by atoms with Gasteiger partial charge in [-0.05, 0) is 19.3 Å². The lowest BCUT2D eigenvalue weighted by atomic mass is 9.72. The highest BCUT2D eigenvalue weighted by atomic mass is 16.8. The Kier molecular flexibility index (Phi) is 3.31. The number of aliphatic hydroxyl groups excluding tert-OH is 1. The summed E-state index contributed by atoms with van der Waals surface area (Å²) in [5.41, 5.74) is -0.417. The van der Waals surface area contributed by atoms with Gasteiger partial charge in [0.2, 0.25) is 5.79 Å². The van der Waals surface area contributed by atoms with Crippen LogP contribution in [-0.2, 0) is 23.7 Å². The molecule has 3 aliphatic heterocycles. The van der Waals surface area contributed by atoms with E-state index in [-0.39, 0.29) is 29.8 Å². The molecule has 0 radical (unpaired) electrons. The third kappa shape index (κ3) is 1.90. The van der Waals surface area contributed by atoms with Crippen LogP contribution in [0.3, 0.4) is 0 Å². The highest BCUT2D eigenvalue weighted by Gasteiger charge is 2.76. The third-order valence-electron chi connectivity index (χ3n) is 6.08. The van der Waals surface area contributed by atoms with E-state index in [1.807, 2.05) is 6.92 Å². The van der Waals surface area contributed by atoms with Crippen LogP contribution in [0.4, 0.5) is 0 Å². The minimum atomic E-state index is -0.834. The number of hydrogen-bond donors (Lipinski definition) is 1. The van der Waals surface area contributed by atoms with Gasteiger partial charge in [0.1, 0.15) is 0 Å². The first kappa shape index (κ1) is 14.9. The standard InChI is InChI=1S/C16H24O6/c1-9-7-20-16(6-12(9)17)15(8-21-15)11-4-3-10(14(18)19-2)5-13(11)22-16/h9-13,17H,3-8H2,1-2H3/t9-,10+,11+,12+,13-,15+,16+/m1/s1. The predicted molar refractivity (Wildman–Crippen MR) is 74.9 cm³/mol. The molecule has 0 amide bonds. The lowest BCUT2D eigenvalue weighted by molar-refractivity contribution is -0.292. The molecule has 2 spiro atoms. The zero-order valence-corrected chi connectivity index (χ0v) is 13.1. The maximum atomic E-state index is 11.8. The van der Waals surface area contributed by atoms with Crippen molar-refractivity contribution in [3.05, 3.63) is 0 Å². The van der Waals surface area contributed by atoms with Gasteiger partial charge in [-0.25, -0.2) is 0 Å². The summed E-state index contributed by atoms with van der Waals surface area (Å²) in [6.45, 7) is 3.08. The summed E-state index contributed by atoms with van der Waals surface area (Å²) in [6.07, 6.45) is 2.29. The molecule has 0 aromatic carbocycles. The van der Waals surface area contributed by atoms with Crippen molar-refractivity contribution in [1.29, 1.82) is 0 Å². The highest BCUT2D eigenvalue weighted by molar-refractivity contribution is 5.72. The second-order valence-corrected chi connectivity index (χ2v) is 7.29. The minimum absolute atomic E-state index is 0.0547. The summed E-state index contributed by atoms with van der Waals surface area (Å²) >= 11 is 0. The van der Waals surface area contributed by atoms with Crippen LogP contribution in [0.2, 0.25) is 0 Å². The molecule has 22 heavy (non-hydrogen) atoms. The first-order valence-electron chi connectivity index (χ1n) is 8.23. The fraction of sp³-hybridized carbons (Fsp3) is 0.938. The smallest absolute Gasteiger partial charge is 0.308 e. The first-order chi connectivity index (χ1) is 10.5. The topological polar surface area (TPSA) is 77.5 Å². The van der Waals surface area contributed by atoms with Crippen LogP contribution < -0.4 is 0 Å². The van der Waals surface area contributed by atoms with E-state index in [4.69, 9.17) is 18.9 Å². The van der Waals surface area contributed by atoms with E-state index < -0.39 is 17.5 Å². The van der Waals surface area contributed by atoms with Crippen LogP contribution >= 0.6 is 0 Å². The third-order valence-corrected chi connectivity index (χ3v) is 6.08. The number of ether oxygens (including phenoxy) is 4. The van der Waals surface area contributed by atoms with Gasteiger partial charge >= 0.3 is 5.97 Å². The lowest BCUT2D eigenvalue weighted by Gasteiger charge is -2.41. The van der Waals surface area contributed by atoms with Gasteiger partial charge in [0.25, 0.3) is 0 Å². The molecule has 3 saturated heterocycles. The molecule has 0 bridgehead atoms. The molecule has 0 unspecified atom stereocenters. The Balaban J connectivity index is 1.56. The van der Waals surface area contributed by atoms with Crippen molar-refractivity contribution < 1.29 is 28.8 Å². The molecular weight excluding hydrogens is 288 g/mol.